The molecule has 0 spiro atoms. The maximum atomic E-state index is 11.4. The second-order valence-corrected chi connectivity index (χ2v) is 4.72. The van der Waals surface area contributed by atoms with Gasteiger partial charge in [0.05, 0.1) is 0 Å². The Labute approximate surface area is 105 Å². The molecule has 0 aromatic heterocycles. The fourth-order valence-electron chi connectivity index (χ4n) is 1.44. The predicted molar refractivity (Wildman–Crippen MR) is 60.4 cm³/mol. The lowest BCUT2D eigenvalue weighted by Crippen LogP contribution is -2.26. The number of hydrogen-bond acceptors (Lipinski definition) is 6. The maximum Gasteiger partial charge on any atom is 0.348 e. The smallest absolute Gasteiger partial charge is 0.348 e. The van der Waals surface area contributed by atoms with Crippen LogP contribution in [0, 0.1) is 0 Å². The molecule has 0 aromatic carbocycles. The van der Waals surface area contributed by atoms with Crippen LogP contribution in [0.15, 0.2) is 12.2 Å². The molecule has 0 aliphatic carbocycles. The van der Waals surface area contributed by atoms with Crippen molar-refractivity contribution in [3.05, 3.63) is 12.2 Å². The first-order valence-corrected chi connectivity index (χ1v) is 5.46. The van der Waals surface area contributed by atoms with Gasteiger partial charge in [-0.3, -0.25) is 0 Å². The van der Waals surface area contributed by atoms with E-state index in [9.17, 15) is 14.4 Å². The Bertz CT molecular complexity index is 395. The summed E-state index contributed by atoms with van der Waals surface area (Å²) >= 11 is 0. The highest BCUT2D eigenvalue weighted by Gasteiger charge is 2.42. The lowest BCUT2D eigenvalue weighted by molar-refractivity contribution is -0.167. The predicted octanol–water partition coefficient (Wildman–Crippen LogP) is 0.743. The molecular formula is C12H16O6. The van der Waals surface area contributed by atoms with Crippen molar-refractivity contribution in [2.24, 2.45) is 0 Å². The average Bonchev–Trinajstić information content (AvgIpc) is 2.48. The Kier molecular flexibility index (Phi) is 4.11. The van der Waals surface area contributed by atoms with E-state index in [1.54, 1.807) is 13.8 Å². The summed E-state index contributed by atoms with van der Waals surface area (Å²) < 4.78 is 14.5. The van der Waals surface area contributed by atoms with Gasteiger partial charge in [0.2, 0.25) is 6.10 Å². The monoisotopic (exact) mass is 256 g/mol. The summed E-state index contributed by atoms with van der Waals surface area (Å²) in [5.74, 6) is -2.05. The molecule has 1 aliphatic heterocycles. The minimum absolute atomic E-state index is 0.184. The van der Waals surface area contributed by atoms with E-state index in [0.717, 1.165) is 0 Å². The maximum absolute atomic E-state index is 11.4. The van der Waals surface area contributed by atoms with E-state index in [2.05, 4.69) is 11.3 Å². The van der Waals surface area contributed by atoms with E-state index in [1.165, 1.54) is 6.92 Å². The fraction of sp³-hybridized carbons (Fsp3) is 0.583. The highest BCUT2D eigenvalue weighted by molar-refractivity contribution is 5.89. The van der Waals surface area contributed by atoms with E-state index in [1.807, 2.05) is 0 Å². The van der Waals surface area contributed by atoms with Gasteiger partial charge in [-0.05, 0) is 20.8 Å². The second kappa shape index (κ2) is 5.20. The van der Waals surface area contributed by atoms with Crippen LogP contribution in [0.1, 0.15) is 27.2 Å². The van der Waals surface area contributed by atoms with Crippen molar-refractivity contribution in [1.29, 1.82) is 0 Å². The zero-order chi connectivity index (χ0) is 13.9. The molecule has 100 valence electrons. The molecule has 1 rings (SSSR count). The number of cyclic esters (lactones) is 1. The fourth-order valence-corrected chi connectivity index (χ4v) is 1.44. The molecule has 1 unspecified atom stereocenters. The second-order valence-electron chi connectivity index (χ2n) is 4.72. The highest BCUT2D eigenvalue weighted by Crippen LogP contribution is 2.27. The summed E-state index contributed by atoms with van der Waals surface area (Å²) in [4.78, 5) is 33.7. The zero-order valence-electron chi connectivity index (χ0n) is 10.6. The van der Waals surface area contributed by atoms with Crippen LogP contribution in [-0.2, 0) is 28.6 Å². The van der Waals surface area contributed by atoms with Crippen molar-refractivity contribution in [2.45, 2.75) is 38.9 Å². The summed E-state index contributed by atoms with van der Waals surface area (Å²) in [6, 6.07) is 0. The van der Waals surface area contributed by atoms with Crippen LogP contribution in [0.5, 0.6) is 0 Å². The van der Waals surface area contributed by atoms with Crippen molar-refractivity contribution < 1.29 is 28.6 Å². The lowest BCUT2D eigenvalue weighted by Gasteiger charge is -2.14. The van der Waals surface area contributed by atoms with Gasteiger partial charge in [0.1, 0.15) is 5.60 Å². The van der Waals surface area contributed by atoms with Crippen LogP contribution in [-0.4, -0.2) is 36.2 Å². The Morgan fingerprint density at radius 1 is 1.50 bits per heavy atom. The number of hydrogen-bond donors (Lipinski definition) is 0. The summed E-state index contributed by atoms with van der Waals surface area (Å²) in [5.41, 5.74) is -0.458. The van der Waals surface area contributed by atoms with Crippen molar-refractivity contribution in [3.8, 4) is 0 Å². The highest BCUT2D eigenvalue weighted by atomic mass is 16.6. The number of rotatable bonds is 4. The molecule has 6 heteroatoms. The molecule has 1 heterocycles. The zero-order valence-corrected chi connectivity index (χ0v) is 10.6. The molecule has 1 aliphatic rings. The minimum Gasteiger partial charge on any atom is -0.457 e. The van der Waals surface area contributed by atoms with Gasteiger partial charge in [-0.2, -0.15) is 0 Å². The van der Waals surface area contributed by atoms with E-state index < -0.39 is 36.2 Å². The van der Waals surface area contributed by atoms with E-state index >= 15 is 0 Å². The van der Waals surface area contributed by atoms with Crippen molar-refractivity contribution in [2.75, 3.05) is 6.61 Å². The van der Waals surface area contributed by atoms with Gasteiger partial charge in [0.25, 0.3) is 0 Å². The molecule has 0 N–H and O–H groups in total. The quantitative estimate of drug-likeness (QED) is 0.419. The van der Waals surface area contributed by atoms with Crippen molar-refractivity contribution in [1.82, 2.24) is 0 Å². The largest absolute Gasteiger partial charge is 0.457 e. The third kappa shape index (κ3) is 3.87. The summed E-state index contributed by atoms with van der Waals surface area (Å²) in [5, 5.41) is 0. The van der Waals surface area contributed by atoms with E-state index in [0.29, 0.717) is 0 Å². The number of carbonyl (C=O) groups excluding carboxylic acids is 3. The van der Waals surface area contributed by atoms with Crippen LogP contribution >= 0.6 is 0 Å². The summed E-state index contributed by atoms with van der Waals surface area (Å²) in [7, 11) is 0. The van der Waals surface area contributed by atoms with Gasteiger partial charge in [0.15, 0.2) is 6.61 Å². The SMILES string of the molecule is C=C(C)C(=O)OCC(=O)OC1CC(C)(C)OC1=O. The van der Waals surface area contributed by atoms with Crippen LogP contribution in [0.3, 0.4) is 0 Å². The molecule has 6 nitrogen and oxygen atoms in total. The molecule has 0 radical (unpaired) electrons. The summed E-state index contributed by atoms with van der Waals surface area (Å²) in [6.07, 6.45) is -0.650. The lowest BCUT2D eigenvalue weighted by atomic mass is 10.0. The molecule has 0 aromatic rings. The standard InChI is InChI=1S/C12H16O6/c1-7(2)10(14)16-6-9(13)17-8-5-12(3,4)18-11(8)15/h8H,1,5-6H2,2-4H3. The number of carbonyl (C=O) groups is 3. The van der Waals surface area contributed by atoms with Crippen LogP contribution in [0.2, 0.25) is 0 Å². The van der Waals surface area contributed by atoms with Gasteiger partial charge in [-0.15, -0.1) is 0 Å². The first kappa shape index (κ1) is 14.2. The van der Waals surface area contributed by atoms with Crippen LogP contribution in [0.4, 0.5) is 0 Å². The minimum atomic E-state index is -0.934. The molecule has 0 saturated carbocycles. The molecule has 0 amide bonds. The molecular weight excluding hydrogens is 240 g/mol. The Morgan fingerprint density at radius 2 is 2.11 bits per heavy atom. The van der Waals surface area contributed by atoms with Crippen LogP contribution < -0.4 is 0 Å². The molecule has 18 heavy (non-hydrogen) atoms. The third-order valence-corrected chi connectivity index (χ3v) is 2.26. The van der Waals surface area contributed by atoms with E-state index in [-0.39, 0.29) is 12.0 Å². The Morgan fingerprint density at radius 3 is 2.56 bits per heavy atom. The number of esters is 3. The summed E-state index contributed by atoms with van der Waals surface area (Å²) in [6.45, 7) is 7.73. The van der Waals surface area contributed by atoms with Gasteiger partial charge < -0.3 is 14.2 Å². The Balaban J connectivity index is 2.40. The normalized spacial score (nSPS) is 21.1. The Hall–Kier alpha value is -1.85. The van der Waals surface area contributed by atoms with Gasteiger partial charge in [-0.25, -0.2) is 14.4 Å². The van der Waals surface area contributed by atoms with E-state index in [4.69, 9.17) is 9.47 Å². The average molecular weight is 256 g/mol. The first-order chi connectivity index (χ1) is 8.21. The van der Waals surface area contributed by atoms with Crippen LogP contribution in [0.25, 0.3) is 0 Å². The first-order valence-electron chi connectivity index (χ1n) is 5.46. The molecule has 1 saturated heterocycles. The molecule has 1 fully saturated rings. The topological polar surface area (TPSA) is 78.9 Å². The third-order valence-electron chi connectivity index (χ3n) is 2.26. The van der Waals surface area contributed by atoms with Gasteiger partial charge in [-0.1, -0.05) is 6.58 Å². The van der Waals surface area contributed by atoms with Gasteiger partial charge in [0, 0.05) is 12.0 Å². The molecule has 1 atom stereocenters. The van der Waals surface area contributed by atoms with Gasteiger partial charge >= 0.3 is 17.9 Å². The number of ether oxygens (including phenoxy) is 3. The van der Waals surface area contributed by atoms with Crippen molar-refractivity contribution in [3.63, 3.8) is 0 Å². The molecule has 0 bridgehead atoms. The van der Waals surface area contributed by atoms with Crippen molar-refractivity contribution >= 4 is 17.9 Å².